The molecular formula is C19H18ClF4N3O2S. The number of hydrogen-bond donors (Lipinski definition) is 0. The Morgan fingerprint density at radius 3 is 2.50 bits per heavy atom. The molecule has 1 aromatic heterocycles. The third-order valence-corrected chi connectivity index (χ3v) is 4.94. The van der Waals surface area contributed by atoms with Gasteiger partial charge in [-0.25, -0.2) is 9.37 Å². The summed E-state index contributed by atoms with van der Waals surface area (Å²) in [6.45, 7) is 0.785. The number of likely N-dealkylation sites (N-methyl/N-ethyl adjacent to an activating group) is 1. The minimum absolute atomic E-state index is 0. The number of anilines is 1. The molecule has 0 saturated heterocycles. The molecule has 0 atom stereocenters. The summed E-state index contributed by atoms with van der Waals surface area (Å²) in [4.78, 5) is 20.6. The number of hydrogen-bond acceptors (Lipinski definition) is 5. The number of alkyl halides is 3. The van der Waals surface area contributed by atoms with E-state index in [4.69, 9.17) is 0 Å². The molecule has 3 rings (SSSR count). The molecule has 0 fully saturated rings. The van der Waals surface area contributed by atoms with Crippen LogP contribution in [0.1, 0.15) is 10.4 Å². The molecule has 0 unspecified atom stereocenters. The van der Waals surface area contributed by atoms with Crippen LogP contribution < -0.4 is 9.64 Å². The zero-order valence-electron chi connectivity index (χ0n) is 15.9. The lowest BCUT2D eigenvalue weighted by Gasteiger charge is -2.22. The topological polar surface area (TPSA) is 45.7 Å². The van der Waals surface area contributed by atoms with Gasteiger partial charge in [-0.2, -0.15) is 0 Å². The van der Waals surface area contributed by atoms with Gasteiger partial charge in [-0.15, -0.1) is 25.6 Å². The average Bonchev–Trinajstić information content (AvgIpc) is 3.03. The highest BCUT2D eigenvalue weighted by molar-refractivity contribution is 7.22. The maximum Gasteiger partial charge on any atom is 0.573 e. The SMILES string of the molecule is CN(C)CCN(C(=O)c1cccc(F)c1)c1nc2ccc(OC(F)(F)F)cc2s1.Cl. The van der Waals surface area contributed by atoms with Crippen molar-refractivity contribution in [1.29, 1.82) is 0 Å². The number of aromatic nitrogens is 1. The Morgan fingerprint density at radius 1 is 1.13 bits per heavy atom. The van der Waals surface area contributed by atoms with Crippen molar-refractivity contribution in [1.82, 2.24) is 9.88 Å². The van der Waals surface area contributed by atoms with Crippen molar-refractivity contribution in [3.8, 4) is 5.75 Å². The van der Waals surface area contributed by atoms with Crippen LogP contribution in [-0.2, 0) is 0 Å². The van der Waals surface area contributed by atoms with Crippen LogP contribution in [0.25, 0.3) is 10.2 Å². The molecule has 0 aliphatic carbocycles. The number of ether oxygens (including phenoxy) is 1. The average molecular weight is 464 g/mol. The van der Waals surface area contributed by atoms with E-state index in [1.165, 1.54) is 35.2 Å². The van der Waals surface area contributed by atoms with Gasteiger partial charge in [-0.05, 0) is 44.4 Å². The standard InChI is InChI=1S/C19H17F4N3O2S.ClH/c1-25(2)8-9-26(17(27)12-4-3-5-13(20)10-12)18-24-15-7-6-14(11-16(15)29-18)28-19(21,22)23;/h3-7,10-11H,8-9H2,1-2H3;1H. The first kappa shape index (κ1) is 23.8. The van der Waals surface area contributed by atoms with Gasteiger partial charge in [0.25, 0.3) is 5.91 Å². The van der Waals surface area contributed by atoms with E-state index in [0.29, 0.717) is 21.9 Å². The number of thiazole rings is 1. The molecule has 0 aliphatic rings. The Kier molecular flexibility index (Phi) is 7.62. The fraction of sp³-hybridized carbons (Fsp3) is 0.263. The Hall–Kier alpha value is -2.43. The molecule has 1 heterocycles. The van der Waals surface area contributed by atoms with Crippen LogP contribution in [0.5, 0.6) is 5.75 Å². The lowest BCUT2D eigenvalue weighted by molar-refractivity contribution is -0.274. The minimum atomic E-state index is -4.80. The third kappa shape index (κ3) is 6.04. The molecule has 1 amide bonds. The molecule has 5 nitrogen and oxygen atoms in total. The summed E-state index contributed by atoms with van der Waals surface area (Å²) < 4.78 is 55.3. The maximum absolute atomic E-state index is 13.6. The van der Waals surface area contributed by atoms with Crippen molar-refractivity contribution in [3.63, 3.8) is 0 Å². The number of amides is 1. The predicted octanol–water partition coefficient (Wildman–Crippen LogP) is 4.96. The van der Waals surface area contributed by atoms with Crippen LogP contribution in [0.2, 0.25) is 0 Å². The minimum Gasteiger partial charge on any atom is -0.406 e. The molecule has 30 heavy (non-hydrogen) atoms. The summed E-state index contributed by atoms with van der Waals surface area (Å²) in [6, 6.07) is 9.09. The van der Waals surface area contributed by atoms with E-state index in [0.717, 1.165) is 23.5 Å². The van der Waals surface area contributed by atoms with Gasteiger partial charge in [0, 0.05) is 24.7 Å². The second-order valence-electron chi connectivity index (χ2n) is 6.44. The molecule has 2 aromatic carbocycles. The van der Waals surface area contributed by atoms with Crippen LogP contribution >= 0.6 is 23.7 Å². The van der Waals surface area contributed by atoms with Gasteiger partial charge in [0.1, 0.15) is 11.6 Å². The zero-order chi connectivity index (χ0) is 21.2. The second kappa shape index (κ2) is 9.59. The molecule has 11 heteroatoms. The molecule has 0 bridgehead atoms. The van der Waals surface area contributed by atoms with E-state index in [1.807, 2.05) is 19.0 Å². The van der Waals surface area contributed by atoms with E-state index in [-0.39, 0.29) is 30.3 Å². The smallest absolute Gasteiger partial charge is 0.406 e. The summed E-state index contributed by atoms with van der Waals surface area (Å²) in [6.07, 6.45) is -4.80. The third-order valence-electron chi connectivity index (χ3n) is 3.90. The van der Waals surface area contributed by atoms with E-state index in [2.05, 4.69) is 9.72 Å². The van der Waals surface area contributed by atoms with Crippen LogP contribution in [0.4, 0.5) is 22.7 Å². The van der Waals surface area contributed by atoms with E-state index in [9.17, 15) is 22.4 Å². The first-order chi connectivity index (χ1) is 13.6. The van der Waals surface area contributed by atoms with Crippen LogP contribution in [0.3, 0.4) is 0 Å². The number of carbonyl (C=O) groups excluding carboxylic acids is 1. The Balaban J connectivity index is 0.00000320. The molecule has 0 spiro atoms. The van der Waals surface area contributed by atoms with E-state index < -0.39 is 18.1 Å². The number of rotatable bonds is 6. The fourth-order valence-electron chi connectivity index (χ4n) is 2.57. The van der Waals surface area contributed by atoms with Crippen LogP contribution in [0, 0.1) is 5.82 Å². The Bertz CT molecular complexity index is 1030. The van der Waals surface area contributed by atoms with Crippen molar-refractivity contribution < 1.29 is 27.1 Å². The highest BCUT2D eigenvalue weighted by Crippen LogP contribution is 2.33. The van der Waals surface area contributed by atoms with E-state index >= 15 is 0 Å². The van der Waals surface area contributed by atoms with Gasteiger partial charge in [-0.3, -0.25) is 9.69 Å². The number of fused-ring (bicyclic) bond motifs is 1. The maximum atomic E-state index is 13.6. The van der Waals surface area contributed by atoms with Crippen LogP contribution in [-0.4, -0.2) is 49.3 Å². The van der Waals surface area contributed by atoms with Gasteiger partial charge < -0.3 is 9.64 Å². The lowest BCUT2D eigenvalue weighted by Crippen LogP contribution is -2.36. The zero-order valence-corrected chi connectivity index (χ0v) is 17.6. The fourth-order valence-corrected chi connectivity index (χ4v) is 3.59. The molecule has 162 valence electrons. The molecule has 0 aliphatic heterocycles. The van der Waals surface area contributed by atoms with E-state index in [1.54, 1.807) is 0 Å². The first-order valence-electron chi connectivity index (χ1n) is 8.51. The predicted molar refractivity (Wildman–Crippen MR) is 110 cm³/mol. The van der Waals surface area contributed by atoms with Crippen molar-refractivity contribution in [3.05, 3.63) is 53.8 Å². The lowest BCUT2D eigenvalue weighted by atomic mass is 10.2. The number of benzene rings is 2. The van der Waals surface area contributed by atoms with Crippen molar-refractivity contribution >= 4 is 45.0 Å². The quantitative estimate of drug-likeness (QED) is 0.484. The monoisotopic (exact) mass is 463 g/mol. The van der Waals surface area contributed by atoms with Gasteiger partial charge >= 0.3 is 6.36 Å². The summed E-state index contributed by atoms with van der Waals surface area (Å²) in [5.74, 6) is -1.35. The number of nitrogens with zero attached hydrogens (tertiary/aromatic N) is 3. The first-order valence-corrected chi connectivity index (χ1v) is 9.32. The van der Waals surface area contributed by atoms with Crippen molar-refractivity contribution in [2.24, 2.45) is 0 Å². The Morgan fingerprint density at radius 2 is 1.87 bits per heavy atom. The van der Waals surface area contributed by atoms with Gasteiger partial charge in [0.2, 0.25) is 0 Å². The van der Waals surface area contributed by atoms with Crippen LogP contribution in [0.15, 0.2) is 42.5 Å². The van der Waals surface area contributed by atoms with Crippen molar-refractivity contribution in [2.75, 3.05) is 32.1 Å². The summed E-state index contributed by atoms with van der Waals surface area (Å²) in [5.41, 5.74) is 0.588. The molecule has 0 radical (unpaired) electrons. The highest BCUT2D eigenvalue weighted by Gasteiger charge is 2.31. The Labute approximate surface area is 180 Å². The van der Waals surface area contributed by atoms with Gasteiger partial charge in [0.05, 0.1) is 10.2 Å². The molecular weight excluding hydrogens is 446 g/mol. The van der Waals surface area contributed by atoms with Gasteiger partial charge in [0.15, 0.2) is 5.13 Å². The molecule has 3 aromatic rings. The summed E-state index contributed by atoms with van der Waals surface area (Å²) >= 11 is 1.06. The normalized spacial score (nSPS) is 11.4. The second-order valence-corrected chi connectivity index (χ2v) is 7.45. The van der Waals surface area contributed by atoms with Gasteiger partial charge in [-0.1, -0.05) is 17.4 Å². The summed E-state index contributed by atoms with van der Waals surface area (Å²) in [7, 11) is 3.67. The highest BCUT2D eigenvalue weighted by atomic mass is 35.5. The summed E-state index contributed by atoms with van der Waals surface area (Å²) in [5, 5.41) is 0.306. The molecule has 0 N–H and O–H groups in total. The van der Waals surface area contributed by atoms with Crippen molar-refractivity contribution in [2.45, 2.75) is 6.36 Å². The number of halogens is 5. The molecule has 0 saturated carbocycles. The number of carbonyl (C=O) groups is 1. The largest absolute Gasteiger partial charge is 0.573 e.